The van der Waals surface area contributed by atoms with Crippen LogP contribution in [0.15, 0.2) is 11.4 Å². The molecule has 1 fully saturated rings. The number of hydrogen-bond donors (Lipinski definition) is 2. The number of amides is 1. The van der Waals surface area contributed by atoms with Crippen LogP contribution in [0.4, 0.5) is 4.39 Å². The first kappa shape index (κ1) is 12.1. The Balaban J connectivity index is 2.43. The van der Waals surface area contributed by atoms with E-state index in [0.717, 1.165) is 15.2 Å². The molecule has 0 saturated carbocycles. The average Bonchev–Trinajstić information content (AvgIpc) is 2.71. The van der Waals surface area contributed by atoms with Gasteiger partial charge in [-0.25, -0.2) is 4.39 Å². The molecule has 1 aromatic heterocycles. The van der Waals surface area contributed by atoms with Crippen LogP contribution in [0.1, 0.15) is 11.8 Å². The molecule has 2 N–H and O–H groups in total. The minimum Gasteiger partial charge on any atom is -0.342 e. The second-order valence-electron chi connectivity index (χ2n) is 4.42. The lowest BCUT2D eigenvalue weighted by Crippen LogP contribution is -2.64. The Morgan fingerprint density at radius 3 is 2.88 bits per heavy atom. The fourth-order valence-corrected chi connectivity index (χ4v) is 2.84. The first-order valence-electron chi connectivity index (χ1n) is 5.20. The first-order chi connectivity index (χ1) is 7.86. The third kappa shape index (κ3) is 1.74. The normalized spacial score (nSPS) is 29.4. The van der Waals surface area contributed by atoms with Gasteiger partial charge in [-0.15, -0.1) is 11.3 Å². The molecule has 2 rings (SSSR count). The highest BCUT2D eigenvalue weighted by molar-refractivity contribution is 7.11. The summed E-state index contributed by atoms with van der Waals surface area (Å²) in [4.78, 5) is 13.4. The maximum Gasteiger partial charge on any atom is 0.266 e. The van der Waals surface area contributed by atoms with Crippen LogP contribution in [-0.4, -0.2) is 37.8 Å². The van der Waals surface area contributed by atoms with Crippen molar-refractivity contribution in [3.8, 4) is 0 Å². The number of thiophene rings is 1. The van der Waals surface area contributed by atoms with E-state index in [4.69, 9.17) is 5.41 Å². The lowest BCUT2D eigenvalue weighted by atomic mass is 9.89. The molecule has 7 heteroatoms. The second kappa shape index (κ2) is 3.84. The molecule has 1 aliphatic rings. The molecule has 1 amide bonds. The summed E-state index contributed by atoms with van der Waals surface area (Å²) in [5.74, 6) is -0.750. The van der Waals surface area contributed by atoms with Crippen molar-refractivity contribution < 1.29 is 9.18 Å². The number of rotatable bonds is 1. The Morgan fingerprint density at radius 1 is 1.71 bits per heavy atom. The van der Waals surface area contributed by atoms with Crippen LogP contribution in [-0.2, 0) is 10.3 Å². The number of hydrogen-bond acceptors (Lipinski definition) is 3. The zero-order valence-corrected chi connectivity index (χ0v) is 10.7. The molecular weight excluding hydrogens is 240 g/mol. The van der Waals surface area contributed by atoms with E-state index in [0.29, 0.717) is 0 Å². The maximum atomic E-state index is 14.2. The summed E-state index contributed by atoms with van der Waals surface area (Å²) < 4.78 is 14.2. The van der Waals surface area contributed by atoms with Gasteiger partial charge in [0.1, 0.15) is 13.4 Å². The van der Waals surface area contributed by atoms with E-state index < -0.39 is 17.6 Å². The van der Waals surface area contributed by atoms with E-state index in [1.165, 1.54) is 18.4 Å². The number of carbonyl (C=O) groups is 1. The molecule has 4 nitrogen and oxygen atoms in total. The predicted molar refractivity (Wildman–Crippen MR) is 68.4 cm³/mol. The van der Waals surface area contributed by atoms with Gasteiger partial charge in [-0.3, -0.25) is 15.1 Å². The molecule has 0 radical (unpaired) electrons. The quantitative estimate of drug-likeness (QED) is 0.666. The lowest BCUT2D eigenvalue weighted by molar-refractivity contribution is -0.136. The van der Waals surface area contributed by atoms with Gasteiger partial charge in [-0.2, -0.15) is 0 Å². The molecular formula is C10H13BFN3OS. The first-order valence-corrected chi connectivity index (χ1v) is 6.08. The summed E-state index contributed by atoms with van der Waals surface area (Å²) in [6.07, 6.45) is -1.68. The molecule has 1 saturated heterocycles. The number of guanidine groups is 1. The molecule has 0 bridgehead atoms. The fourth-order valence-electron chi connectivity index (χ4n) is 1.81. The van der Waals surface area contributed by atoms with E-state index >= 15 is 0 Å². The van der Waals surface area contributed by atoms with Gasteiger partial charge in [-0.1, -0.05) is 11.5 Å². The average molecular weight is 253 g/mol. The second-order valence-corrected chi connectivity index (χ2v) is 5.34. The molecule has 0 unspecified atom stereocenters. The van der Waals surface area contributed by atoms with Crippen LogP contribution in [0.3, 0.4) is 0 Å². The fraction of sp³-hybridized carbons (Fsp3) is 0.400. The Hall–Kier alpha value is -1.37. The highest BCUT2D eigenvalue weighted by Gasteiger charge is 2.48. The van der Waals surface area contributed by atoms with E-state index in [2.05, 4.69) is 5.32 Å². The van der Waals surface area contributed by atoms with Gasteiger partial charge >= 0.3 is 0 Å². The minimum absolute atomic E-state index is 0.0718. The standard InChI is InChI=1S/C10H13BFN3OS/c1-10(6-3-5(11)4-17-6)7(12)8(16)15(2)9(13)14-10/h3-4,7H,11H2,1-2H3,(H2,13,14)/t7-,10-/m1/s1. The molecule has 0 spiro atoms. The highest BCUT2D eigenvalue weighted by Crippen LogP contribution is 2.33. The number of nitrogens with one attached hydrogen (secondary N) is 2. The maximum absolute atomic E-state index is 14.2. The van der Waals surface area contributed by atoms with Gasteiger partial charge in [-0.05, 0) is 12.3 Å². The minimum atomic E-state index is -1.68. The molecule has 0 aliphatic carbocycles. The number of alkyl halides is 1. The van der Waals surface area contributed by atoms with Gasteiger partial charge in [0.05, 0.1) is 0 Å². The van der Waals surface area contributed by atoms with Crippen molar-refractivity contribution in [3.63, 3.8) is 0 Å². The van der Waals surface area contributed by atoms with Crippen LogP contribution in [0, 0.1) is 5.41 Å². The highest BCUT2D eigenvalue weighted by atomic mass is 32.1. The summed E-state index contributed by atoms with van der Waals surface area (Å²) in [5, 5.41) is 12.3. The predicted octanol–water partition coefficient (Wildman–Crippen LogP) is -0.444. The van der Waals surface area contributed by atoms with Crippen molar-refractivity contribution in [2.24, 2.45) is 0 Å². The van der Waals surface area contributed by atoms with Gasteiger partial charge in [0.15, 0.2) is 5.96 Å². The summed E-state index contributed by atoms with van der Waals surface area (Å²) in [6, 6.07) is 1.84. The molecule has 90 valence electrons. The zero-order valence-electron chi connectivity index (χ0n) is 9.87. The van der Waals surface area contributed by atoms with Crippen molar-refractivity contribution in [2.75, 3.05) is 7.05 Å². The summed E-state index contributed by atoms with van der Waals surface area (Å²) in [5.41, 5.74) is -0.113. The van der Waals surface area contributed by atoms with Gasteiger partial charge < -0.3 is 5.32 Å². The molecule has 17 heavy (non-hydrogen) atoms. The van der Waals surface area contributed by atoms with Crippen molar-refractivity contribution in [1.82, 2.24) is 10.2 Å². The Labute approximate surface area is 104 Å². The molecule has 1 aliphatic heterocycles. The monoisotopic (exact) mass is 253 g/mol. The van der Waals surface area contributed by atoms with Crippen LogP contribution < -0.4 is 10.8 Å². The van der Waals surface area contributed by atoms with Crippen LogP contribution in [0.2, 0.25) is 0 Å². The van der Waals surface area contributed by atoms with E-state index in [1.54, 1.807) is 6.92 Å². The summed E-state index contributed by atoms with van der Waals surface area (Å²) in [7, 11) is 3.31. The van der Waals surface area contributed by atoms with Crippen molar-refractivity contribution in [2.45, 2.75) is 18.6 Å². The third-order valence-corrected chi connectivity index (χ3v) is 4.30. The molecule has 2 heterocycles. The van der Waals surface area contributed by atoms with Gasteiger partial charge in [0.25, 0.3) is 5.91 Å². The number of carbonyl (C=O) groups excluding carboxylic acids is 1. The Kier molecular flexibility index (Phi) is 2.73. The van der Waals surface area contributed by atoms with Crippen LogP contribution in [0.25, 0.3) is 0 Å². The summed E-state index contributed by atoms with van der Waals surface area (Å²) in [6.45, 7) is 1.61. The smallest absolute Gasteiger partial charge is 0.266 e. The molecule has 2 atom stereocenters. The van der Waals surface area contributed by atoms with Crippen LogP contribution in [0.5, 0.6) is 0 Å². The lowest BCUT2D eigenvalue weighted by Gasteiger charge is -2.41. The Morgan fingerprint density at radius 2 is 2.35 bits per heavy atom. The number of nitrogens with zero attached hydrogens (tertiary/aromatic N) is 1. The molecule has 0 aromatic carbocycles. The van der Waals surface area contributed by atoms with Crippen molar-refractivity contribution in [1.29, 1.82) is 5.41 Å². The Bertz CT molecular complexity index is 492. The number of halogens is 1. The van der Waals surface area contributed by atoms with E-state index in [1.807, 2.05) is 19.3 Å². The largest absolute Gasteiger partial charge is 0.342 e. The van der Waals surface area contributed by atoms with Crippen molar-refractivity contribution >= 4 is 36.5 Å². The van der Waals surface area contributed by atoms with Crippen LogP contribution >= 0.6 is 11.3 Å². The van der Waals surface area contributed by atoms with Gasteiger partial charge in [0, 0.05) is 11.9 Å². The third-order valence-electron chi connectivity index (χ3n) is 3.01. The summed E-state index contributed by atoms with van der Waals surface area (Å²) >= 11 is 1.39. The van der Waals surface area contributed by atoms with E-state index in [-0.39, 0.29) is 5.96 Å². The SMILES string of the molecule is Bc1csc([C@@]2(C)NC(=N)N(C)C(=O)[C@H]2F)c1. The van der Waals surface area contributed by atoms with Crippen molar-refractivity contribution in [3.05, 3.63) is 16.3 Å². The van der Waals surface area contributed by atoms with E-state index in [9.17, 15) is 9.18 Å². The van der Waals surface area contributed by atoms with Gasteiger partial charge in [0.2, 0.25) is 6.17 Å². The topological polar surface area (TPSA) is 56.2 Å². The zero-order chi connectivity index (χ0) is 12.8. The molecule has 1 aromatic rings.